The van der Waals surface area contributed by atoms with Gasteiger partial charge in [0.2, 0.25) is 0 Å². The number of carbonyl (C=O) groups excluding carboxylic acids is 1. The van der Waals surface area contributed by atoms with Crippen molar-refractivity contribution in [2.24, 2.45) is 5.92 Å². The van der Waals surface area contributed by atoms with E-state index in [0.717, 1.165) is 49.2 Å². The third-order valence-electron chi connectivity index (χ3n) is 4.77. The second kappa shape index (κ2) is 6.84. The standard InChI is InChI=1S/C19H19ClN4O/c20-14-5-6-17(21-12-14)19(25)24-9-7-13(8-10-24)11-18-22-15-3-1-2-4-16(15)23-18/h1-6,12-13H,7-11H2,(H,22,23). The summed E-state index contributed by atoms with van der Waals surface area (Å²) in [6.07, 6.45) is 4.41. The Bertz CT molecular complexity index is 849. The number of hydrogen-bond acceptors (Lipinski definition) is 3. The second-order valence-electron chi connectivity index (χ2n) is 6.50. The summed E-state index contributed by atoms with van der Waals surface area (Å²) in [7, 11) is 0. The molecule has 3 aromatic rings. The lowest BCUT2D eigenvalue weighted by Crippen LogP contribution is -2.39. The summed E-state index contributed by atoms with van der Waals surface area (Å²) < 4.78 is 0. The SMILES string of the molecule is O=C(c1ccc(Cl)cn1)N1CCC(Cc2nc3ccccc3[nH]2)CC1. The average Bonchev–Trinajstić information content (AvgIpc) is 3.05. The molecule has 1 aromatic carbocycles. The average molecular weight is 355 g/mol. The summed E-state index contributed by atoms with van der Waals surface area (Å²) in [6, 6.07) is 11.5. The van der Waals surface area contributed by atoms with Crippen molar-refractivity contribution in [3.8, 4) is 0 Å². The van der Waals surface area contributed by atoms with E-state index in [2.05, 4.69) is 15.0 Å². The Labute approximate surface area is 151 Å². The lowest BCUT2D eigenvalue weighted by atomic mass is 9.93. The number of fused-ring (bicyclic) bond motifs is 1. The van der Waals surface area contributed by atoms with Crippen molar-refractivity contribution >= 4 is 28.5 Å². The minimum atomic E-state index is -0.0150. The number of carbonyl (C=O) groups is 1. The molecule has 4 rings (SSSR count). The fourth-order valence-corrected chi connectivity index (χ4v) is 3.49. The quantitative estimate of drug-likeness (QED) is 0.780. The number of aromatic nitrogens is 3. The van der Waals surface area contributed by atoms with Crippen LogP contribution < -0.4 is 0 Å². The monoisotopic (exact) mass is 354 g/mol. The molecule has 1 aliphatic rings. The highest BCUT2D eigenvalue weighted by atomic mass is 35.5. The van der Waals surface area contributed by atoms with Crippen LogP contribution in [0.4, 0.5) is 0 Å². The van der Waals surface area contributed by atoms with Gasteiger partial charge >= 0.3 is 0 Å². The van der Waals surface area contributed by atoms with E-state index >= 15 is 0 Å². The zero-order valence-corrected chi connectivity index (χ0v) is 14.5. The van der Waals surface area contributed by atoms with Crippen LogP contribution in [0.3, 0.4) is 0 Å². The van der Waals surface area contributed by atoms with Crippen LogP contribution >= 0.6 is 11.6 Å². The lowest BCUT2D eigenvalue weighted by Gasteiger charge is -2.31. The Balaban J connectivity index is 1.36. The van der Waals surface area contributed by atoms with Gasteiger partial charge in [0, 0.05) is 25.7 Å². The Hall–Kier alpha value is -2.40. The first-order valence-corrected chi connectivity index (χ1v) is 8.91. The number of para-hydroxylation sites is 2. The van der Waals surface area contributed by atoms with E-state index in [1.54, 1.807) is 12.1 Å². The summed E-state index contributed by atoms with van der Waals surface area (Å²) in [5, 5.41) is 0.543. The van der Waals surface area contributed by atoms with E-state index in [-0.39, 0.29) is 5.91 Å². The predicted octanol–water partition coefficient (Wildman–Crippen LogP) is 3.71. The molecule has 0 saturated carbocycles. The molecule has 128 valence electrons. The van der Waals surface area contributed by atoms with Crippen molar-refractivity contribution in [2.45, 2.75) is 19.3 Å². The minimum absolute atomic E-state index is 0.0150. The van der Waals surface area contributed by atoms with Gasteiger partial charge in [-0.05, 0) is 43.0 Å². The minimum Gasteiger partial charge on any atom is -0.342 e. The molecule has 1 aliphatic heterocycles. The van der Waals surface area contributed by atoms with Crippen LogP contribution in [0.5, 0.6) is 0 Å². The molecule has 0 bridgehead atoms. The topological polar surface area (TPSA) is 61.9 Å². The predicted molar refractivity (Wildman–Crippen MR) is 97.7 cm³/mol. The number of benzene rings is 1. The molecular weight excluding hydrogens is 336 g/mol. The molecule has 5 nitrogen and oxygen atoms in total. The van der Waals surface area contributed by atoms with E-state index in [1.165, 1.54) is 6.20 Å². The van der Waals surface area contributed by atoms with E-state index < -0.39 is 0 Å². The zero-order chi connectivity index (χ0) is 17.2. The summed E-state index contributed by atoms with van der Waals surface area (Å²) in [4.78, 5) is 26.6. The van der Waals surface area contributed by atoms with E-state index in [9.17, 15) is 4.79 Å². The molecule has 0 aliphatic carbocycles. The zero-order valence-electron chi connectivity index (χ0n) is 13.8. The smallest absolute Gasteiger partial charge is 0.272 e. The van der Waals surface area contributed by atoms with Gasteiger partial charge in [0.05, 0.1) is 16.1 Å². The van der Waals surface area contributed by atoms with Gasteiger partial charge < -0.3 is 9.88 Å². The highest BCUT2D eigenvalue weighted by Gasteiger charge is 2.25. The second-order valence-corrected chi connectivity index (χ2v) is 6.94. The molecule has 1 fully saturated rings. The van der Waals surface area contributed by atoms with Crippen LogP contribution in [0.15, 0.2) is 42.6 Å². The Morgan fingerprint density at radius 3 is 2.72 bits per heavy atom. The fraction of sp³-hybridized carbons (Fsp3) is 0.316. The van der Waals surface area contributed by atoms with Gasteiger partial charge in [-0.25, -0.2) is 9.97 Å². The third-order valence-corrected chi connectivity index (χ3v) is 4.99. The molecule has 0 atom stereocenters. The molecule has 3 heterocycles. The van der Waals surface area contributed by atoms with Gasteiger partial charge in [-0.3, -0.25) is 4.79 Å². The van der Waals surface area contributed by atoms with Gasteiger partial charge in [-0.15, -0.1) is 0 Å². The Kier molecular flexibility index (Phi) is 4.40. The summed E-state index contributed by atoms with van der Waals surface area (Å²) >= 11 is 5.83. The maximum atomic E-state index is 12.5. The van der Waals surface area contributed by atoms with Gasteiger partial charge in [-0.2, -0.15) is 0 Å². The van der Waals surface area contributed by atoms with Crippen molar-refractivity contribution in [3.05, 3.63) is 59.1 Å². The molecular formula is C19H19ClN4O. The number of hydrogen-bond donors (Lipinski definition) is 1. The van der Waals surface area contributed by atoms with Crippen LogP contribution in [0.2, 0.25) is 5.02 Å². The molecule has 2 aromatic heterocycles. The number of halogens is 1. The Morgan fingerprint density at radius 2 is 2.00 bits per heavy atom. The molecule has 6 heteroatoms. The van der Waals surface area contributed by atoms with E-state index in [0.29, 0.717) is 16.6 Å². The molecule has 1 N–H and O–H groups in total. The number of rotatable bonds is 3. The van der Waals surface area contributed by atoms with Gasteiger partial charge in [-0.1, -0.05) is 23.7 Å². The lowest BCUT2D eigenvalue weighted by molar-refractivity contribution is 0.0684. The number of nitrogens with zero attached hydrogens (tertiary/aromatic N) is 3. The summed E-state index contributed by atoms with van der Waals surface area (Å²) in [5.41, 5.74) is 2.55. The summed E-state index contributed by atoms with van der Waals surface area (Å²) in [6.45, 7) is 1.52. The normalized spacial score (nSPS) is 15.6. The number of amides is 1. The van der Waals surface area contributed by atoms with Crippen molar-refractivity contribution in [1.29, 1.82) is 0 Å². The highest BCUT2D eigenvalue weighted by Crippen LogP contribution is 2.23. The van der Waals surface area contributed by atoms with Crippen molar-refractivity contribution in [2.75, 3.05) is 13.1 Å². The first-order valence-electron chi connectivity index (χ1n) is 8.53. The molecule has 1 saturated heterocycles. The maximum Gasteiger partial charge on any atom is 0.272 e. The Morgan fingerprint density at radius 1 is 1.20 bits per heavy atom. The molecule has 25 heavy (non-hydrogen) atoms. The third kappa shape index (κ3) is 3.51. The molecule has 0 radical (unpaired) electrons. The number of nitrogens with one attached hydrogen (secondary N) is 1. The highest BCUT2D eigenvalue weighted by molar-refractivity contribution is 6.30. The molecule has 0 spiro atoms. The van der Waals surface area contributed by atoms with Crippen LogP contribution in [-0.4, -0.2) is 38.8 Å². The number of imidazole rings is 1. The summed E-state index contributed by atoms with van der Waals surface area (Å²) in [5.74, 6) is 1.56. The van der Waals surface area contributed by atoms with E-state index in [4.69, 9.17) is 11.6 Å². The number of piperidine rings is 1. The molecule has 1 amide bonds. The number of aromatic amines is 1. The largest absolute Gasteiger partial charge is 0.342 e. The van der Waals surface area contributed by atoms with Gasteiger partial charge in [0.15, 0.2) is 0 Å². The molecule has 0 unspecified atom stereocenters. The van der Waals surface area contributed by atoms with Gasteiger partial charge in [0.1, 0.15) is 11.5 Å². The first-order chi connectivity index (χ1) is 12.2. The van der Waals surface area contributed by atoms with Crippen molar-refractivity contribution in [1.82, 2.24) is 19.9 Å². The van der Waals surface area contributed by atoms with Crippen LogP contribution in [-0.2, 0) is 6.42 Å². The van der Waals surface area contributed by atoms with E-state index in [1.807, 2.05) is 29.2 Å². The van der Waals surface area contributed by atoms with Crippen LogP contribution in [0.1, 0.15) is 29.2 Å². The van der Waals surface area contributed by atoms with Crippen molar-refractivity contribution in [3.63, 3.8) is 0 Å². The van der Waals surface area contributed by atoms with Crippen molar-refractivity contribution < 1.29 is 4.79 Å². The maximum absolute atomic E-state index is 12.5. The number of likely N-dealkylation sites (tertiary alicyclic amines) is 1. The first kappa shape index (κ1) is 16.1. The number of pyridine rings is 1. The van der Waals surface area contributed by atoms with Crippen LogP contribution in [0.25, 0.3) is 11.0 Å². The van der Waals surface area contributed by atoms with Gasteiger partial charge in [0.25, 0.3) is 5.91 Å². The number of H-pyrrole nitrogens is 1. The van der Waals surface area contributed by atoms with Crippen LogP contribution in [0, 0.1) is 5.92 Å². The fourth-order valence-electron chi connectivity index (χ4n) is 3.38.